The Labute approximate surface area is 126 Å². The zero-order chi connectivity index (χ0) is 15.2. The van der Waals surface area contributed by atoms with Gasteiger partial charge in [0.1, 0.15) is 0 Å². The van der Waals surface area contributed by atoms with Gasteiger partial charge in [0.05, 0.1) is 0 Å². The molecule has 1 aliphatic heterocycles. The molecule has 114 valence electrons. The van der Waals surface area contributed by atoms with E-state index in [1.807, 2.05) is 11.8 Å². The molecule has 0 saturated carbocycles. The maximum absolute atomic E-state index is 12.5. The normalized spacial score (nSPS) is 18.4. The van der Waals surface area contributed by atoms with Gasteiger partial charge >= 0.3 is 0 Å². The molecule has 1 N–H and O–H groups in total. The van der Waals surface area contributed by atoms with Gasteiger partial charge in [-0.3, -0.25) is 9.59 Å². The first kappa shape index (κ1) is 15.5. The number of likely N-dealkylation sites (tertiary alicyclic amines) is 1. The number of benzene rings is 1. The average molecular weight is 288 g/mol. The van der Waals surface area contributed by atoms with Gasteiger partial charge in [-0.05, 0) is 56.9 Å². The van der Waals surface area contributed by atoms with Crippen LogP contribution in [0.25, 0.3) is 0 Å². The van der Waals surface area contributed by atoms with E-state index in [1.54, 1.807) is 24.3 Å². The second-order valence-electron chi connectivity index (χ2n) is 5.72. The van der Waals surface area contributed by atoms with Crippen molar-refractivity contribution in [3.63, 3.8) is 0 Å². The molecule has 21 heavy (non-hydrogen) atoms. The highest BCUT2D eigenvalue weighted by molar-refractivity contribution is 5.96. The first-order chi connectivity index (χ1) is 10.1. The molecule has 2 rings (SSSR count). The Morgan fingerprint density at radius 1 is 1.24 bits per heavy atom. The summed E-state index contributed by atoms with van der Waals surface area (Å²) >= 11 is 0. The van der Waals surface area contributed by atoms with Gasteiger partial charge in [-0.25, -0.2) is 0 Å². The number of anilines is 1. The van der Waals surface area contributed by atoms with Crippen molar-refractivity contribution in [3.8, 4) is 0 Å². The molecular weight excluding hydrogens is 264 g/mol. The van der Waals surface area contributed by atoms with E-state index in [4.69, 9.17) is 0 Å². The molecule has 1 atom stereocenters. The fourth-order valence-electron chi connectivity index (χ4n) is 2.71. The molecule has 1 aliphatic rings. The third kappa shape index (κ3) is 4.06. The van der Waals surface area contributed by atoms with Crippen LogP contribution in [0, 0.1) is 0 Å². The first-order valence-electron chi connectivity index (χ1n) is 7.82. The van der Waals surface area contributed by atoms with E-state index in [-0.39, 0.29) is 11.8 Å². The third-order valence-electron chi connectivity index (χ3n) is 3.96. The largest absolute Gasteiger partial charge is 0.336 e. The second kappa shape index (κ2) is 7.25. The molecule has 4 heteroatoms. The highest BCUT2D eigenvalue weighted by Gasteiger charge is 2.23. The molecular formula is C17H24N2O2. The molecule has 4 nitrogen and oxygen atoms in total. The number of hydrogen-bond acceptors (Lipinski definition) is 2. The SMILES string of the molecule is CCCC(=O)Nc1ccc(C(=O)N2CCCC[C@H]2C)cc1. The lowest BCUT2D eigenvalue weighted by Gasteiger charge is -2.33. The molecule has 0 aliphatic carbocycles. The predicted molar refractivity (Wildman–Crippen MR) is 84.3 cm³/mol. The number of carbonyl (C=O) groups excluding carboxylic acids is 2. The van der Waals surface area contributed by atoms with E-state index in [1.165, 1.54) is 6.42 Å². The minimum atomic E-state index is 0.0150. The Morgan fingerprint density at radius 2 is 1.95 bits per heavy atom. The lowest BCUT2D eigenvalue weighted by atomic mass is 10.0. The van der Waals surface area contributed by atoms with Gasteiger partial charge in [0.15, 0.2) is 0 Å². The van der Waals surface area contributed by atoms with Crippen LogP contribution >= 0.6 is 0 Å². The van der Waals surface area contributed by atoms with Crippen LogP contribution in [0.15, 0.2) is 24.3 Å². The van der Waals surface area contributed by atoms with Gasteiger partial charge in [-0.15, -0.1) is 0 Å². The molecule has 0 radical (unpaired) electrons. The number of piperidine rings is 1. The van der Waals surface area contributed by atoms with Gasteiger partial charge in [0.2, 0.25) is 5.91 Å². The van der Waals surface area contributed by atoms with Gasteiger partial charge < -0.3 is 10.2 Å². The van der Waals surface area contributed by atoms with Gasteiger partial charge in [0.25, 0.3) is 5.91 Å². The van der Waals surface area contributed by atoms with Crippen LogP contribution in [0.4, 0.5) is 5.69 Å². The summed E-state index contributed by atoms with van der Waals surface area (Å²) in [6, 6.07) is 7.51. The Kier molecular flexibility index (Phi) is 5.37. The Hall–Kier alpha value is -1.84. The Morgan fingerprint density at radius 3 is 2.57 bits per heavy atom. The van der Waals surface area contributed by atoms with Crippen molar-refractivity contribution in [1.82, 2.24) is 4.90 Å². The van der Waals surface area contributed by atoms with Crippen molar-refractivity contribution in [2.75, 3.05) is 11.9 Å². The van der Waals surface area contributed by atoms with Crippen LogP contribution in [0.5, 0.6) is 0 Å². The van der Waals surface area contributed by atoms with Crippen molar-refractivity contribution in [1.29, 1.82) is 0 Å². The minimum Gasteiger partial charge on any atom is -0.336 e. The molecule has 0 spiro atoms. The van der Waals surface area contributed by atoms with E-state index < -0.39 is 0 Å². The number of nitrogens with zero attached hydrogens (tertiary/aromatic N) is 1. The lowest BCUT2D eigenvalue weighted by molar-refractivity contribution is -0.116. The van der Waals surface area contributed by atoms with Crippen LogP contribution in [0.2, 0.25) is 0 Å². The fraction of sp³-hybridized carbons (Fsp3) is 0.529. The number of rotatable bonds is 4. The topological polar surface area (TPSA) is 49.4 Å². The van der Waals surface area contributed by atoms with Gasteiger partial charge in [-0.1, -0.05) is 6.92 Å². The zero-order valence-corrected chi connectivity index (χ0v) is 12.9. The highest BCUT2D eigenvalue weighted by Crippen LogP contribution is 2.20. The maximum Gasteiger partial charge on any atom is 0.254 e. The number of nitrogens with one attached hydrogen (secondary N) is 1. The summed E-state index contributed by atoms with van der Waals surface area (Å²) in [5.41, 5.74) is 1.44. The van der Waals surface area contributed by atoms with E-state index in [2.05, 4.69) is 12.2 Å². The van der Waals surface area contributed by atoms with Crippen molar-refractivity contribution < 1.29 is 9.59 Å². The predicted octanol–water partition coefficient (Wildman–Crippen LogP) is 3.44. The minimum absolute atomic E-state index is 0.0150. The zero-order valence-electron chi connectivity index (χ0n) is 12.9. The Balaban J connectivity index is 2.01. The summed E-state index contributed by atoms with van der Waals surface area (Å²) < 4.78 is 0. The van der Waals surface area contributed by atoms with Crippen LogP contribution in [0.3, 0.4) is 0 Å². The Bertz CT molecular complexity index is 496. The third-order valence-corrected chi connectivity index (χ3v) is 3.96. The molecule has 0 bridgehead atoms. The molecule has 1 aromatic carbocycles. The van der Waals surface area contributed by atoms with E-state index >= 15 is 0 Å². The van der Waals surface area contributed by atoms with E-state index in [0.717, 1.165) is 31.5 Å². The van der Waals surface area contributed by atoms with E-state index in [0.29, 0.717) is 18.0 Å². The summed E-state index contributed by atoms with van der Waals surface area (Å²) in [5.74, 6) is 0.106. The lowest BCUT2D eigenvalue weighted by Crippen LogP contribution is -2.42. The molecule has 1 aromatic rings. The summed E-state index contributed by atoms with van der Waals surface area (Å²) in [4.78, 5) is 26.0. The molecule has 1 fully saturated rings. The number of amides is 2. The molecule has 2 amide bonds. The second-order valence-corrected chi connectivity index (χ2v) is 5.72. The van der Waals surface area contributed by atoms with Crippen molar-refractivity contribution in [2.24, 2.45) is 0 Å². The average Bonchev–Trinajstić information content (AvgIpc) is 2.48. The van der Waals surface area contributed by atoms with Crippen LogP contribution < -0.4 is 5.32 Å². The van der Waals surface area contributed by atoms with Crippen LogP contribution in [-0.2, 0) is 4.79 Å². The molecule has 1 saturated heterocycles. The molecule has 1 heterocycles. The summed E-state index contributed by atoms with van der Waals surface area (Å²) in [6.07, 6.45) is 4.71. The van der Waals surface area contributed by atoms with E-state index in [9.17, 15) is 9.59 Å². The van der Waals surface area contributed by atoms with Crippen LogP contribution in [0.1, 0.15) is 56.3 Å². The fourth-order valence-corrected chi connectivity index (χ4v) is 2.71. The smallest absolute Gasteiger partial charge is 0.254 e. The van der Waals surface area contributed by atoms with Gasteiger partial charge in [-0.2, -0.15) is 0 Å². The quantitative estimate of drug-likeness (QED) is 0.922. The standard InChI is InChI=1S/C17H24N2O2/c1-3-6-16(20)18-15-10-8-14(9-11-15)17(21)19-12-5-4-7-13(19)2/h8-11,13H,3-7,12H2,1-2H3,(H,18,20)/t13-/m1/s1. The van der Waals surface area contributed by atoms with Crippen molar-refractivity contribution in [2.45, 2.75) is 52.0 Å². The molecule has 0 aromatic heterocycles. The van der Waals surface area contributed by atoms with Gasteiger partial charge in [0, 0.05) is 30.3 Å². The monoisotopic (exact) mass is 288 g/mol. The van der Waals surface area contributed by atoms with Crippen LogP contribution in [-0.4, -0.2) is 29.3 Å². The molecule has 0 unspecified atom stereocenters. The summed E-state index contributed by atoms with van der Waals surface area (Å²) in [7, 11) is 0. The van der Waals surface area contributed by atoms with Crippen molar-refractivity contribution in [3.05, 3.63) is 29.8 Å². The highest BCUT2D eigenvalue weighted by atomic mass is 16.2. The maximum atomic E-state index is 12.5. The summed E-state index contributed by atoms with van der Waals surface area (Å²) in [6.45, 7) is 4.92. The first-order valence-corrected chi connectivity index (χ1v) is 7.82. The summed E-state index contributed by atoms with van der Waals surface area (Å²) in [5, 5.41) is 2.83. The number of hydrogen-bond donors (Lipinski definition) is 1. The van der Waals surface area contributed by atoms with Crippen molar-refractivity contribution >= 4 is 17.5 Å². The number of carbonyl (C=O) groups is 2.